The summed E-state index contributed by atoms with van der Waals surface area (Å²) >= 11 is 1.15. The van der Waals surface area contributed by atoms with Crippen molar-refractivity contribution in [3.8, 4) is 0 Å². The number of fused-ring (bicyclic) bond motifs is 1. The Morgan fingerprint density at radius 1 is 1.21 bits per heavy atom. The number of nitro benzene ring substituents is 1. The zero-order valence-corrected chi connectivity index (χ0v) is 10.1. The van der Waals surface area contributed by atoms with Crippen molar-refractivity contribution >= 4 is 34.0 Å². The smallest absolute Gasteiger partial charge is 0.268 e. The number of rotatable bonds is 2. The fourth-order valence-corrected chi connectivity index (χ4v) is 2.48. The second-order valence-corrected chi connectivity index (χ2v) is 4.62. The molecule has 8 heteroatoms. The number of hydrogen-bond acceptors (Lipinski definition) is 6. The molecule has 1 aliphatic heterocycles. The van der Waals surface area contributed by atoms with Crippen LogP contribution in [0.2, 0.25) is 0 Å². The molecule has 0 N–H and O–H groups in total. The largest absolute Gasteiger partial charge is 0.270 e. The van der Waals surface area contributed by atoms with Gasteiger partial charge >= 0.3 is 0 Å². The number of benzene rings is 1. The minimum absolute atomic E-state index is 0.0365. The highest BCUT2D eigenvalue weighted by atomic mass is 32.1. The lowest BCUT2D eigenvalue weighted by atomic mass is 10.1. The van der Waals surface area contributed by atoms with Crippen LogP contribution in [0.25, 0.3) is 0 Å². The van der Waals surface area contributed by atoms with E-state index in [1.165, 1.54) is 18.3 Å². The van der Waals surface area contributed by atoms with Crippen molar-refractivity contribution in [2.75, 3.05) is 4.90 Å². The molecular weight excluding hydrogens is 270 g/mol. The van der Waals surface area contributed by atoms with E-state index in [9.17, 15) is 19.7 Å². The number of nitro groups is 1. The second kappa shape index (κ2) is 3.95. The monoisotopic (exact) mass is 275 g/mol. The van der Waals surface area contributed by atoms with E-state index in [0.29, 0.717) is 0 Å². The molecule has 94 valence electrons. The SMILES string of the molecule is O=C1c2ccc([N+](=O)[O-])cc2C(=O)N1c1nccs1. The van der Waals surface area contributed by atoms with Gasteiger partial charge in [0.1, 0.15) is 0 Å². The second-order valence-electron chi connectivity index (χ2n) is 3.75. The molecule has 3 rings (SSSR count). The Hall–Kier alpha value is -2.61. The Labute approximate surface area is 110 Å². The molecule has 0 atom stereocenters. The minimum Gasteiger partial charge on any atom is -0.268 e. The van der Waals surface area contributed by atoms with Gasteiger partial charge in [-0.15, -0.1) is 11.3 Å². The molecule has 0 bridgehead atoms. The first-order valence-corrected chi connectivity index (χ1v) is 6.04. The highest BCUT2D eigenvalue weighted by Crippen LogP contribution is 2.31. The zero-order chi connectivity index (χ0) is 13.6. The number of hydrogen-bond donors (Lipinski definition) is 0. The van der Waals surface area contributed by atoms with Crippen LogP contribution in [0, 0.1) is 10.1 Å². The number of thiazole rings is 1. The van der Waals surface area contributed by atoms with E-state index in [0.717, 1.165) is 22.3 Å². The van der Waals surface area contributed by atoms with Crippen molar-refractivity contribution in [3.63, 3.8) is 0 Å². The summed E-state index contributed by atoms with van der Waals surface area (Å²) in [6.07, 6.45) is 1.48. The summed E-state index contributed by atoms with van der Waals surface area (Å²) in [4.78, 5) is 39.1. The highest BCUT2D eigenvalue weighted by molar-refractivity contribution is 7.14. The molecular formula is C11H5N3O4S. The molecule has 2 amide bonds. The average molecular weight is 275 g/mol. The molecule has 0 saturated carbocycles. The van der Waals surface area contributed by atoms with Crippen LogP contribution in [0.5, 0.6) is 0 Å². The number of anilines is 1. The summed E-state index contributed by atoms with van der Waals surface area (Å²) in [5, 5.41) is 12.6. The van der Waals surface area contributed by atoms with E-state index >= 15 is 0 Å². The van der Waals surface area contributed by atoms with Crippen LogP contribution in [0.4, 0.5) is 10.8 Å². The molecule has 0 aliphatic carbocycles. The highest BCUT2D eigenvalue weighted by Gasteiger charge is 2.39. The van der Waals surface area contributed by atoms with Gasteiger partial charge in [-0.25, -0.2) is 9.88 Å². The van der Waals surface area contributed by atoms with Gasteiger partial charge in [0, 0.05) is 23.7 Å². The van der Waals surface area contributed by atoms with Gasteiger partial charge in [-0.05, 0) is 6.07 Å². The van der Waals surface area contributed by atoms with Crippen LogP contribution in [0.1, 0.15) is 20.7 Å². The van der Waals surface area contributed by atoms with Gasteiger partial charge in [0.2, 0.25) is 0 Å². The fourth-order valence-electron chi connectivity index (χ4n) is 1.84. The van der Waals surface area contributed by atoms with Gasteiger partial charge < -0.3 is 0 Å². The summed E-state index contributed by atoms with van der Waals surface area (Å²) in [5.74, 6) is -1.09. The van der Waals surface area contributed by atoms with E-state index < -0.39 is 16.7 Å². The lowest BCUT2D eigenvalue weighted by molar-refractivity contribution is -0.384. The van der Waals surface area contributed by atoms with Crippen LogP contribution in [0.3, 0.4) is 0 Å². The fraction of sp³-hybridized carbons (Fsp3) is 0. The Kier molecular flexibility index (Phi) is 2.39. The Balaban J connectivity index is 2.12. The van der Waals surface area contributed by atoms with Crippen LogP contribution >= 0.6 is 11.3 Å². The molecule has 1 aromatic carbocycles. The van der Waals surface area contributed by atoms with Crippen molar-refractivity contribution in [1.82, 2.24) is 4.98 Å². The molecule has 1 aromatic heterocycles. The van der Waals surface area contributed by atoms with Crippen LogP contribution in [-0.2, 0) is 0 Å². The summed E-state index contributed by atoms with van der Waals surface area (Å²) in [6, 6.07) is 3.61. The van der Waals surface area contributed by atoms with Gasteiger partial charge in [0.15, 0.2) is 5.13 Å². The Bertz CT molecular complexity index is 711. The zero-order valence-electron chi connectivity index (χ0n) is 9.27. The third kappa shape index (κ3) is 1.61. The number of carbonyl (C=O) groups excluding carboxylic acids is 2. The van der Waals surface area contributed by atoms with Crippen molar-refractivity contribution in [2.24, 2.45) is 0 Å². The van der Waals surface area contributed by atoms with Gasteiger partial charge in [-0.2, -0.15) is 0 Å². The van der Waals surface area contributed by atoms with Gasteiger partial charge in [-0.1, -0.05) is 0 Å². The molecule has 0 unspecified atom stereocenters. The topological polar surface area (TPSA) is 93.4 Å². The van der Waals surface area contributed by atoms with E-state index in [-0.39, 0.29) is 21.9 Å². The van der Waals surface area contributed by atoms with Crippen LogP contribution in [-0.4, -0.2) is 21.7 Å². The lowest BCUT2D eigenvalue weighted by Gasteiger charge is -2.08. The first-order valence-electron chi connectivity index (χ1n) is 5.16. The average Bonchev–Trinajstić information content (AvgIpc) is 2.98. The predicted octanol–water partition coefficient (Wildman–Crippen LogP) is 1.85. The molecule has 0 saturated heterocycles. The molecule has 19 heavy (non-hydrogen) atoms. The molecule has 0 spiro atoms. The molecule has 7 nitrogen and oxygen atoms in total. The van der Waals surface area contributed by atoms with E-state index in [2.05, 4.69) is 4.98 Å². The lowest BCUT2D eigenvalue weighted by Crippen LogP contribution is -2.29. The van der Waals surface area contributed by atoms with Gasteiger partial charge in [-0.3, -0.25) is 19.7 Å². The quantitative estimate of drug-likeness (QED) is 0.473. The van der Waals surface area contributed by atoms with Crippen molar-refractivity contribution < 1.29 is 14.5 Å². The van der Waals surface area contributed by atoms with Crippen LogP contribution in [0.15, 0.2) is 29.8 Å². The normalized spacial score (nSPS) is 13.8. The van der Waals surface area contributed by atoms with Gasteiger partial charge in [0.05, 0.1) is 16.1 Å². The summed E-state index contributed by atoms with van der Waals surface area (Å²) in [5.41, 5.74) is -0.0268. The number of amides is 2. The van der Waals surface area contributed by atoms with Crippen molar-refractivity contribution in [1.29, 1.82) is 0 Å². The molecule has 2 aromatic rings. The van der Waals surface area contributed by atoms with Crippen molar-refractivity contribution in [3.05, 3.63) is 51.0 Å². The first-order chi connectivity index (χ1) is 9.09. The summed E-state index contributed by atoms with van der Waals surface area (Å²) in [7, 11) is 0. The standard InChI is InChI=1S/C11H5N3O4S/c15-9-7-2-1-6(14(17)18)5-8(7)10(16)13(9)11-12-3-4-19-11/h1-5H. The number of imide groups is 1. The summed E-state index contributed by atoms with van der Waals surface area (Å²) in [6.45, 7) is 0. The number of carbonyl (C=O) groups is 2. The maximum absolute atomic E-state index is 12.1. The maximum atomic E-state index is 12.1. The number of nitrogens with zero attached hydrogens (tertiary/aromatic N) is 3. The van der Waals surface area contributed by atoms with E-state index in [4.69, 9.17) is 0 Å². The van der Waals surface area contributed by atoms with Gasteiger partial charge in [0.25, 0.3) is 17.5 Å². The van der Waals surface area contributed by atoms with E-state index in [1.807, 2.05) is 0 Å². The minimum atomic E-state index is -0.607. The molecule has 2 heterocycles. The predicted molar refractivity (Wildman–Crippen MR) is 66.4 cm³/mol. The van der Waals surface area contributed by atoms with E-state index in [1.54, 1.807) is 5.38 Å². The maximum Gasteiger partial charge on any atom is 0.270 e. The third-order valence-electron chi connectivity index (χ3n) is 2.69. The van der Waals surface area contributed by atoms with Crippen LogP contribution < -0.4 is 4.90 Å². The number of aromatic nitrogens is 1. The molecule has 1 aliphatic rings. The van der Waals surface area contributed by atoms with Crippen molar-refractivity contribution in [2.45, 2.75) is 0 Å². The first kappa shape index (κ1) is 11.5. The number of non-ortho nitro benzene ring substituents is 1. The molecule has 0 fully saturated rings. The Morgan fingerprint density at radius 3 is 2.58 bits per heavy atom. The Morgan fingerprint density at radius 2 is 1.95 bits per heavy atom. The summed E-state index contributed by atoms with van der Waals surface area (Å²) < 4.78 is 0. The third-order valence-corrected chi connectivity index (χ3v) is 3.45. The molecule has 0 radical (unpaired) electrons.